The molecular formula is C15H25BrN2O3. The first-order valence-corrected chi connectivity index (χ1v) is 8.46. The predicted octanol–water partition coefficient (Wildman–Crippen LogP) is 3.06. The molecule has 21 heavy (non-hydrogen) atoms. The van der Waals surface area contributed by atoms with Gasteiger partial charge in [0.25, 0.3) is 0 Å². The van der Waals surface area contributed by atoms with Crippen LogP contribution in [0.3, 0.4) is 0 Å². The molecule has 5 nitrogen and oxygen atoms in total. The number of ether oxygens (including phenoxy) is 2. The molecule has 1 saturated carbocycles. The minimum Gasteiger partial charge on any atom is -0.384 e. The summed E-state index contributed by atoms with van der Waals surface area (Å²) in [6.45, 7) is 3.79. The van der Waals surface area contributed by atoms with Crippen LogP contribution >= 0.6 is 15.9 Å². The molecule has 1 aromatic heterocycles. The fourth-order valence-electron chi connectivity index (χ4n) is 3.18. The standard InChI is InChI=1S/C15H25BrN2O3/c1-3-21-15(7-5-4-6-8-15)14(19)13-12(16)11-17-18(13)9-10-20-2/h11,14,19H,3-10H2,1-2H3. The molecule has 6 heteroatoms. The van der Waals surface area contributed by atoms with Crippen LogP contribution in [-0.2, 0) is 16.0 Å². The van der Waals surface area contributed by atoms with Crippen molar-refractivity contribution in [2.45, 2.75) is 57.3 Å². The highest BCUT2D eigenvalue weighted by Crippen LogP contribution is 2.43. The first kappa shape index (κ1) is 16.9. The monoisotopic (exact) mass is 360 g/mol. The second-order valence-corrected chi connectivity index (χ2v) is 6.41. The second kappa shape index (κ2) is 7.72. The number of rotatable bonds is 7. The number of halogens is 1. The van der Waals surface area contributed by atoms with Gasteiger partial charge in [0.1, 0.15) is 6.10 Å². The highest BCUT2D eigenvalue weighted by molar-refractivity contribution is 9.10. The van der Waals surface area contributed by atoms with E-state index in [9.17, 15) is 5.11 Å². The van der Waals surface area contributed by atoms with E-state index < -0.39 is 11.7 Å². The molecule has 2 rings (SSSR count). The molecule has 0 aromatic carbocycles. The lowest BCUT2D eigenvalue weighted by atomic mass is 9.79. The molecule has 1 N–H and O–H groups in total. The number of aliphatic hydroxyl groups excluding tert-OH is 1. The largest absolute Gasteiger partial charge is 0.384 e. The fraction of sp³-hybridized carbons (Fsp3) is 0.800. The van der Waals surface area contributed by atoms with Gasteiger partial charge in [0.05, 0.1) is 35.1 Å². The molecule has 1 aromatic rings. The molecule has 0 aliphatic heterocycles. The van der Waals surface area contributed by atoms with Crippen molar-refractivity contribution in [3.8, 4) is 0 Å². The summed E-state index contributed by atoms with van der Waals surface area (Å²) in [5, 5.41) is 15.4. The average Bonchev–Trinajstić information content (AvgIpc) is 2.86. The van der Waals surface area contributed by atoms with Gasteiger partial charge in [0, 0.05) is 13.7 Å². The number of methoxy groups -OCH3 is 1. The van der Waals surface area contributed by atoms with Gasteiger partial charge in [-0.25, -0.2) is 0 Å². The summed E-state index contributed by atoms with van der Waals surface area (Å²) in [5.74, 6) is 0. The van der Waals surface area contributed by atoms with E-state index in [1.54, 1.807) is 13.3 Å². The van der Waals surface area contributed by atoms with E-state index in [1.807, 2.05) is 11.6 Å². The number of aliphatic hydroxyl groups is 1. The lowest BCUT2D eigenvalue weighted by Gasteiger charge is -2.41. The van der Waals surface area contributed by atoms with Crippen LogP contribution in [0.15, 0.2) is 10.7 Å². The molecule has 1 heterocycles. The van der Waals surface area contributed by atoms with Gasteiger partial charge < -0.3 is 14.6 Å². The van der Waals surface area contributed by atoms with Crippen molar-refractivity contribution in [3.05, 3.63) is 16.4 Å². The lowest BCUT2D eigenvalue weighted by molar-refractivity contribution is -0.144. The topological polar surface area (TPSA) is 56.5 Å². The van der Waals surface area contributed by atoms with Crippen molar-refractivity contribution in [1.82, 2.24) is 9.78 Å². The molecule has 1 aliphatic rings. The van der Waals surface area contributed by atoms with Gasteiger partial charge in [-0.1, -0.05) is 19.3 Å². The second-order valence-electron chi connectivity index (χ2n) is 5.55. The Hall–Kier alpha value is -0.430. The summed E-state index contributed by atoms with van der Waals surface area (Å²) < 4.78 is 13.8. The quantitative estimate of drug-likeness (QED) is 0.811. The van der Waals surface area contributed by atoms with E-state index in [0.717, 1.165) is 35.8 Å². The fourth-order valence-corrected chi connectivity index (χ4v) is 3.70. The third-order valence-electron chi connectivity index (χ3n) is 4.23. The van der Waals surface area contributed by atoms with E-state index in [4.69, 9.17) is 9.47 Å². The van der Waals surface area contributed by atoms with Crippen molar-refractivity contribution in [3.63, 3.8) is 0 Å². The zero-order valence-electron chi connectivity index (χ0n) is 12.8. The van der Waals surface area contributed by atoms with Crippen LogP contribution in [0.5, 0.6) is 0 Å². The Bertz CT molecular complexity index is 439. The van der Waals surface area contributed by atoms with E-state index in [-0.39, 0.29) is 0 Å². The SMILES string of the molecule is CCOC1(C(O)c2c(Br)cnn2CCOC)CCCCC1. The summed E-state index contributed by atoms with van der Waals surface area (Å²) >= 11 is 3.51. The van der Waals surface area contributed by atoms with E-state index in [0.29, 0.717) is 19.8 Å². The smallest absolute Gasteiger partial charge is 0.126 e. The summed E-state index contributed by atoms with van der Waals surface area (Å²) in [6.07, 6.45) is 6.25. The third-order valence-corrected chi connectivity index (χ3v) is 4.84. The third kappa shape index (κ3) is 3.67. The number of nitrogens with zero attached hydrogens (tertiary/aromatic N) is 2. The molecule has 120 valence electrons. The minimum absolute atomic E-state index is 0.486. The number of aromatic nitrogens is 2. The molecule has 0 bridgehead atoms. The lowest BCUT2D eigenvalue weighted by Crippen LogP contribution is -2.42. The number of hydrogen-bond acceptors (Lipinski definition) is 4. The van der Waals surface area contributed by atoms with Crippen LogP contribution in [0.4, 0.5) is 0 Å². The predicted molar refractivity (Wildman–Crippen MR) is 84.2 cm³/mol. The first-order chi connectivity index (χ1) is 10.1. The van der Waals surface area contributed by atoms with E-state index in [2.05, 4.69) is 21.0 Å². The van der Waals surface area contributed by atoms with E-state index in [1.165, 1.54) is 6.42 Å². The Labute approximate surface area is 134 Å². The zero-order valence-corrected chi connectivity index (χ0v) is 14.4. The summed E-state index contributed by atoms with van der Waals surface area (Å²) in [5.41, 5.74) is 0.308. The van der Waals surface area contributed by atoms with Crippen LogP contribution in [0.25, 0.3) is 0 Å². The van der Waals surface area contributed by atoms with Gasteiger partial charge in [-0.15, -0.1) is 0 Å². The maximum atomic E-state index is 11.0. The maximum absolute atomic E-state index is 11.0. The van der Waals surface area contributed by atoms with Crippen molar-refractivity contribution in [2.75, 3.05) is 20.3 Å². The molecule has 0 saturated heterocycles. The van der Waals surface area contributed by atoms with Gasteiger partial charge in [0.2, 0.25) is 0 Å². The Morgan fingerprint density at radius 3 is 2.76 bits per heavy atom. The summed E-state index contributed by atoms with van der Waals surface area (Å²) in [6, 6.07) is 0. The van der Waals surface area contributed by atoms with Gasteiger partial charge in [-0.05, 0) is 35.7 Å². The van der Waals surface area contributed by atoms with Gasteiger partial charge in [0.15, 0.2) is 0 Å². The summed E-state index contributed by atoms with van der Waals surface area (Å²) in [7, 11) is 1.66. The van der Waals surface area contributed by atoms with Gasteiger partial charge in [-0.2, -0.15) is 5.10 Å². The molecule has 1 unspecified atom stereocenters. The van der Waals surface area contributed by atoms with Crippen LogP contribution in [0.2, 0.25) is 0 Å². The van der Waals surface area contributed by atoms with Crippen LogP contribution < -0.4 is 0 Å². The van der Waals surface area contributed by atoms with Crippen LogP contribution in [0.1, 0.15) is 50.8 Å². The molecule has 0 radical (unpaired) electrons. The Morgan fingerprint density at radius 1 is 1.43 bits per heavy atom. The zero-order chi connectivity index (χ0) is 15.3. The molecule has 1 atom stereocenters. The normalized spacial score (nSPS) is 19.6. The molecule has 1 fully saturated rings. The molecule has 1 aliphatic carbocycles. The van der Waals surface area contributed by atoms with Crippen molar-refractivity contribution < 1.29 is 14.6 Å². The molecule has 0 amide bonds. The number of hydrogen-bond donors (Lipinski definition) is 1. The van der Waals surface area contributed by atoms with E-state index >= 15 is 0 Å². The van der Waals surface area contributed by atoms with Gasteiger partial charge in [-0.3, -0.25) is 4.68 Å². The Kier molecular flexibility index (Phi) is 6.22. The van der Waals surface area contributed by atoms with Crippen molar-refractivity contribution in [2.24, 2.45) is 0 Å². The van der Waals surface area contributed by atoms with Gasteiger partial charge >= 0.3 is 0 Å². The molecule has 0 spiro atoms. The highest BCUT2D eigenvalue weighted by Gasteiger charge is 2.43. The highest BCUT2D eigenvalue weighted by atomic mass is 79.9. The maximum Gasteiger partial charge on any atom is 0.126 e. The van der Waals surface area contributed by atoms with Crippen LogP contribution in [-0.4, -0.2) is 40.8 Å². The average molecular weight is 361 g/mol. The summed E-state index contributed by atoms with van der Waals surface area (Å²) in [4.78, 5) is 0. The van der Waals surface area contributed by atoms with Crippen molar-refractivity contribution >= 4 is 15.9 Å². The first-order valence-electron chi connectivity index (χ1n) is 7.67. The molecular weight excluding hydrogens is 336 g/mol. The Morgan fingerprint density at radius 2 is 2.14 bits per heavy atom. The van der Waals surface area contributed by atoms with Crippen molar-refractivity contribution in [1.29, 1.82) is 0 Å². The minimum atomic E-state index is -0.675. The Balaban J connectivity index is 2.27. The van der Waals surface area contributed by atoms with Crippen LogP contribution in [0, 0.1) is 0 Å².